The zero-order valence-corrected chi connectivity index (χ0v) is 17.6. The minimum atomic E-state index is -3.84. The first-order valence-corrected chi connectivity index (χ1v) is 11.3. The fraction of sp³-hybridized carbons (Fsp3) is 0.429. The number of aromatic nitrogens is 1. The van der Waals surface area contributed by atoms with Crippen molar-refractivity contribution in [1.82, 2.24) is 4.98 Å². The van der Waals surface area contributed by atoms with E-state index in [9.17, 15) is 18.3 Å². The molecule has 1 saturated heterocycles. The molecule has 0 amide bonds. The van der Waals surface area contributed by atoms with Crippen LogP contribution in [-0.2, 0) is 10.0 Å². The Balaban J connectivity index is 1.89. The van der Waals surface area contributed by atoms with Gasteiger partial charge in [0.1, 0.15) is 11.4 Å². The summed E-state index contributed by atoms with van der Waals surface area (Å²) in [4.78, 5) is 18.3. The van der Waals surface area contributed by atoms with Gasteiger partial charge in [-0.3, -0.25) is 4.72 Å². The van der Waals surface area contributed by atoms with Gasteiger partial charge in [-0.1, -0.05) is 25.3 Å². The molecule has 29 heavy (non-hydrogen) atoms. The van der Waals surface area contributed by atoms with Gasteiger partial charge in [-0.15, -0.1) is 0 Å². The monoisotopic (exact) mass is 417 g/mol. The molecule has 0 aliphatic carbocycles. The lowest BCUT2D eigenvalue weighted by Crippen LogP contribution is -2.29. The molecule has 0 unspecified atom stereocenters. The van der Waals surface area contributed by atoms with Crippen LogP contribution in [0.25, 0.3) is 0 Å². The highest BCUT2D eigenvalue weighted by atomic mass is 32.2. The molecule has 1 fully saturated rings. The molecule has 8 heteroatoms. The Hall–Kier alpha value is -2.61. The SMILES string of the molecule is Cc1ccc(S(=O)(=O)Nc2cnc(N3CCCCCCC3)c(C(=O)O)c2)cc1C. The summed E-state index contributed by atoms with van der Waals surface area (Å²) in [5.41, 5.74) is 2.00. The van der Waals surface area contributed by atoms with Crippen LogP contribution in [0.4, 0.5) is 11.5 Å². The van der Waals surface area contributed by atoms with Crippen molar-refractivity contribution in [2.75, 3.05) is 22.7 Å². The number of nitrogens with zero attached hydrogens (tertiary/aromatic N) is 2. The number of anilines is 2. The third-order valence-corrected chi connectivity index (χ3v) is 6.67. The molecule has 1 aromatic carbocycles. The standard InChI is InChI=1S/C21H27N3O4S/c1-15-8-9-18(12-16(15)2)29(27,28)23-17-13-19(21(25)26)20(22-14-17)24-10-6-4-3-5-7-11-24/h8-9,12-14,23H,3-7,10-11H2,1-2H3,(H,25,26). The number of carboxylic acids is 1. The zero-order valence-electron chi connectivity index (χ0n) is 16.8. The van der Waals surface area contributed by atoms with Gasteiger partial charge in [0.2, 0.25) is 0 Å². The van der Waals surface area contributed by atoms with E-state index >= 15 is 0 Å². The quantitative estimate of drug-likeness (QED) is 0.764. The molecule has 0 bridgehead atoms. The fourth-order valence-electron chi connectivity index (χ4n) is 3.48. The summed E-state index contributed by atoms with van der Waals surface area (Å²) in [6.45, 7) is 5.25. The third-order valence-electron chi connectivity index (χ3n) is 5.29. The van der Waals surface area contributed by atoms with Crippen LogP contribution in [0.2, 0.25) is 0 Å². The van der Waals surface area contributed by atoms with Gasteiger partial charge in [-0.05, 0) is 56.0 Å². The lowest BCUT2D eigenvalue weighted by molar-refractivity contribution is 0.0697. The molecule has 0 saturated carbocycles. The van der Waals surface area contributed by atoms with E-state index in [0.717, 1.165) is 49.9 Å². The van der Waals surface area contributed by atoms with Crippen molar-refractivity contribution in [3.8, 4) is 0 Å². The number of hydrogen-bond donors (Lipinski definition) is 2. The van der Waals surface area contributed by atoms with Gasteiger partial charge in [-0.25, -0.2) is 18.2 Å². The van der Waals surface area contributed by atoms with Crippen LogP contribution < -0.4 is 9.62 Å². The van der Waals surface area contributed by atoms with Crippen molar-refractivity contribution < 1.29 is 18.3 Å². The second-order valence-electron chi connectivity index (χ2n) is 7.51. The van der Waals surface area contributed by atoms with E-state index in [-0.39, 0.29) is 16.1 Å². The number of rotatable bonds is 5. The predicted molar refractivity (Wildman–Crippen MR) is 113 cm³/mol. The van der Waals surface area contributed by atoms with Crippen LogP contribution in [0.5, 0.6) is 0 Å². The summed E-state index contributed by atoms with van der Waals surface area (Å²) in [5.74, 6) is -0.727. The highest BCUT2D eigenvalue weighted by molar-refractivity contribution is 7.92. The van der Waals surface area contributed by atoms with E-state index in [4.69, 9.17) is 0 Å². The number of aromatic carboxylic acids is 1. The first-order valence-electron chi connectivity index (χ1n) is 9.86. The maximum absolute atomic E-state index is 12.7. The Morgan fingerprint density at radius 1 is 1.03 bits per heavy atom. The number of carbonyl (C=O) groups is 1. The second kappa shape index (κ2) is 8.82. The van der Waals surface area contributed by atoms with Crippen LogP contribution >= 0.6 is 0 Å². The molecule has 3 rings (SSSR count). The van der Waals surface area contributed by atoms with Crippen LogP contribution in [0.3, 0.4) is 0 Å². The molecular weight excluding hydrogens is 390 g/mol. The number of aryl methyl sites for hydroxylation is 2. The number of carboxylic acid groups (broad SMARTS) is 1. The molecule has 2 aromatic rings. The maximum Gasteiger partial charge on any atom is 0.339 e. The summed E-state index contributed by atoms with van der Waals surface area (Å²) >= 11 is 0. The van der Waals surface area contributed by atoms with E-state index in [2.05, 4.69) is 9.71 Å². The van der Waals surface area contributed by atoms with Crippen LogP contribution in [0.15, 0.2) is 35.4 Å². The van der Waals surface area contributed by atoms with Gasteiger partial charge in [0, 0.05) is 13.1 Å². The predicted octanol–water partition coefficient (Wildman–Crippen LogP) is 3.97. The molecule has 0 atom stereocenters. The summed E-state index contributed by atoms with van der Waals surface area (Å²) in [7, 11) is -3.84. The molecule has 1 aliphatic heterocycles. The number of hydrogen-bond acceptors (Lipinski definition) is 5. The Morgan fingerprint density at radius 3 is 2.31 bits per heavy atom. The lowest BCUT2D eigenvalue weighted by atomic mass is 10.1. The third kappa shape index (κ3) is 5.06. The molecule has 2 N–H and O–H groups in total. The lowest BCUT2D eigenvalue weighted by Gasteiger charge is -2.27. The van der Waals surface area contributed by atoms with E-state index < -0.39 is 16.0 Å². The number of sulfonamides is 1. The summed E-state index contributed by atoms with van der Waals surface area (Å²) < 4.78 is 27.9. The van der Waals surface area contributed by atoms with Crippen molar-refractivity contribution in [3.63, 3.8) is 0 Å². The fourth-order valence-corrected chi connectivity index (χ4v) is 4.60. The van der Waals surface area contributed by atoms with Crippen LogP contribution in [0.1, 0.15) is 53.6 Å². The Morgan fingerprint density at radius 2 is 1.69 bits per heavy atom. The van der Waals surface area contributed by atoms with Gasteiger partial charge in [0.25, 0.3) is 10.0 Å². The van der Waals surface area contributed by atoms with Gasteiger partial charge < -0.3 is 10.0 Å². The van der Waals surface area contributed by atoms with Crippen molar-refractivity contribution in [2.24, 2.45) is 0 Å². The molecule has 1 aliphatic rings. The van der Waals surface area contributed by atoms with Gasteiger partial charge in [0.15, 0.2) is 0 Å². The number of benzene rings is 1. The first-order chi connectivity index (χ1) is 13.8. The van der Waals surface area contributed by atoms with Gasteiger partial charge in [0.05, 0.1) is 16.8 Å². The largest absolute Gasteiger partial charge is 0.478 e. The van der Waals surface area contributed by atoms with Crippen LogP contribution in [-0.4, -0.2) is 37.6 Å². The Labute approximate surface area is 171 Å². The molecular formula is C21H27N3O4S. The van der Waals surface area contributed by atoms with Crippen molar-refractivity contribution >= 4 is 27.5 Å². The van der Waals surface area contributed by atoms with Crippen molar-refractivity contribution in [2.45, 2.75) is 50.8 Å². The maximum atomic E-state index is 12.7. The minimum Gasteiger partial charge on any atom is -0.478 e. The second-order valence-corrected chi connectivity index (χ2v) is 9.19. The average Bonchev–Trinajstić information content (AvgIpc) is 2.63. The highest BCUT2D eigenvalue weighted by Gasteiger charge is 2.21. The Kier molecular flexibility index (Phi) is 6.42. The molecule has 0 spiro atoms. The number of nitrogens with one attached hydrogen (secondary N) is 1. The molecule has 1 aromatic heterocycles. The van der Waals surface area contributed by atoms with Crippen molar-refractivity contribution in [1.29, 1.82) is 0 Å². The zero-order chi connectivity index (χ0) is 21.0. The van der Waals surface area contributed by atoms with E-state index in [1.54, 1.807) is 12.1 Å². The summed E-state index contributed by atoms with van der Waals surface area (Å²) in [5, 5.41) is 9.69. The van der Waals surface area contributed by atoms with E-state index in [1.165, 1.54) is 24.8 Å². The molecule has 7 nitrogen and oxygen atoms in total. The molecule has 156 valence electrons. The topological polar surface area (TPSA) is 99.6 Å². The molecule has 0 radical (unpaired) electrons. The van der Waals surface area contributed by atoms with Gasteiger partial charge in [-0.2, -0.15) is 0 Å². The smallest absolute Gasteiger partial charge is 0.339 e. The normalized spacial score (nSPS) is 15.4. The van der Waals surface area contributed by atoms with E-state index in [0.29, 0.717) is 5.82 Å². The van der Waals surface area contributed by atoms with E-state index in [1.807, 2.05) is 18.7 Å². The molecule has 2 heterocycles. The first kappa shape index (κ1) is 21.1. The summed E-state index contributed by atoms with van der Waals surface area (Å²) in [6.07, 6.45) is 6.80. The Bertz CT molecular complexity index is 997. The van der Waals surface area contributed by atoms with Gasteiger partial charge >= 0.3 is 5.97 Å². The average molecular weight is 418 g/mol. The highest BCUT2D eigenvalue weighted by Crippen LogP contribution is 2.26. The number of pyridine rings is 1. The minimum absolute atomic E-state index is 0.00543. The summed E-state index contributed by atoms with van der Waals surface area (Å²) in [6, 6.07) is 6.22. The van der Waals surface area contributed by atoms with Crippen molar-refractivity contribution in [3.05, 3.63) is 47.2 Å². The van der Waals surface area contributed by atoms with Crippen LogP contribution in [0, 0.1) is 13.8 Å².